The molecule has 1 unspecified atom stereocenters. The average molecular weight is 192 g/mol. The Hall–Kier alpha value is -1.02. The summed E-state index contributed by atoms with van der Waals surface area (Å²) in [5.74, 6) is 0.447. The number of phenols is 1. The Bertz CT molecular complexity index is 344. The zero-order valence-electron chi connectivity index (χ0n) is 8.45. The number of aryl methyl sites for hydroxylation is 1. The van der Waals surface area contributed by atoms with Crippen molar-refractivity contribution in [3.05, 3.63) is 28.8 Å². The number of benzene rings is 1. The van der Waals surface area contributed by atoms with Crippen LogP contribution in [0.15, 0.2) is 12.1 Å². The van der Waals surface area contributed by atoms with Gasteiger partial charge in [-0.15, -0.1) is 0 Å². The van der Waals surface area contributed by atoms with Crippen LogP contribution in [0.25, 0.3) is 0 Å². The first-order valence-corrected chi connectivity index (χ1v) is 5.18. The van der Waals surface area contributed by atoms with Crippen molar-refractivity contribution < 1.29 is 10.2 Å². The van der Waals surface area contributed by atoms with Crippen LogP contribution in [0.1, 0.15) is 36.0 Å². The van der Waals surface area contributed by atoms with E-state index < -0.39 is 0 Å². The molecule has 2 rings (SSSR count). The predicted octanol–water partition coefficient (Wildman–Crippen LogP) is 1.98. The van der Waals surface area contributed by atoms with Gasteiger partial charge in [-0.05, 0) is 36.0 Å². The zero-order valence-corrected chi connectivity index (χ0v) is 8.45. The molecule has 0 fully saturated rings. The second kappa shape index (κ2) is 3.62. The van der Waals surface area contributed by atoms with Gasteiger partial charge in [0.25, 0.3) is 0 Å². The molecular weight excluding hydrogens is 176 g/mol. The van der Waals surface area contributed by atoms with Gasteiger partial charge >= 0.3 is 0 Å². The zero-order chi connectivity index (χ0) is 10.1. The molecule has 1 aromatic rings. The van der Waals surface area contributed by atoms with Crippen LogP contribution >= 0.6 is 0 Å². The summed E-state index contributed by atoms with van der Waals surface area (Å²) in [4.78, 5) is 0. The molecule has 0 saturated carbocycles. The van der Waals surface area contributed by atoms with Gasteiger partial charge < -0.3 is 10.2 Å². The van der Waals surface area contributed by atoms with E-state index in [1.54, 1.807) is 0 Å². The Morgan fingerprint density at radius 1 is 1.36 bits per heavy atom. The number of aliphatic hydroxyl groups is 1. The smallest absolute Gasteiger partial charge is 0.122 e. The van der Waals surface area contributed by atoms with Gasteiger partial charge in [-0.25, -0.2) is 0 Å². The summed E-state index contributed by atoms with van der Waals surface area (Å²) in [7, 11) is 0. The first-order chi connectivity index (χ1) is 6.74. The second-order valence-electron chi connectivity index (χ2n) is 4.08. The maximum Gasteiger partial charge on any atom is 0.122 e. The molecule has 0 aromatic heterocycles. The Morgan fingerprint density at radius 3 is 2.86 bits per heavy atom. The number of hydrogen-bond acceptors (Lipinski definition) is 2. The van der Waals surface area contributed by atoms with E-state index in [0.29, 0.717) is 5.75 Å². The SMILES string of the molecule is CC(CO)c1ccc2c(c1O)CCC2. The van der Waals surface area contributed by atoms with E-state index in [9.17, 15) is 5.11 Å². The second-order valence-corrected chi connectivity index (χ2v) is 4.08. The van der Waals surface area contributed by atoms with Gasteiger partial charge in [0.05, 0.1) is 0 Å². The topological polar surface area (TPSA) is 40.5 Å². The lowest BCUT2D eigenvalue weighted by atomic mass is 9.96. The van der Waals surface area contributed by atoms with Crippen molar-refractivity contribution in [3.63, 3.8) is 0 Å². The predicted molar refractivity (Wildman–Crippen MR) is 55.6 cm³/mol. The maximum atomic E-state index is 10.0. The van der Waals surface area contributed by atoms with Gasteiger partial charge in [0.1, 0.15) is 5.75 Å². The molecule has 2 heteroatoms. The standard InChI is InChI=1S/C12H16O2/c1-8(7-13)10-6-5-9-3-2-4-11(9)12(10)14/h5-6,8,13-14H,2-4,7H2,1H3. The Morgan fingerprint density at radius 2 is 2.14 bits per heavy atom. The number of aliphatic hydroxyl groups excluding tert-OH is 1. The van der Waals surface area contributed by atoms with Crippen molar-refractivity contribution in [1.82, 2.24) is 0 Å². The van der Waals surface area contributed by atoms with Crippen LogP contribution in [-0.4, -0.2) is 16.8 Å². The lowest BCUT2D eigenvalue weighted by molar-refractivity contribution is 0.270. The molecule has 0 saturated heterocycles. The third-order valence-electron chi connectivity index (χ3n) is 3.09. The molecule has 1 aliphatic carbocycles. The minimum absolute atomic E-state index is 0.0286. The van der Waals surface area contributed by atoms with Crippen LogP contribution in [0.5, 0.6) is 5.75 Å². The molecule has 1 atom stereocenters. The molecule has 0 spiro atoms. The summed E-state index contributed by atoms with van der Waals surface area (Å²) in [6.45, 7) is 2.02. The Kier molecular flexibility index (Phi) is 2.46. The fourth-order valence-electron chi connectivity index (χ4n) is 2.16. The molecule has 2 N–H and O–H groups in total. The maximum absolute atomic E-state index is 10.0. The molecule has 2 nitrogen and oxygen atoms in total. The lowest BCUT2D eigenvalue weighted by Gasteiger charge is -2.13. The van der Waals surface area contributed by atoms with E-state index in [1.807, 2.05) is 13.0 Å². The van der Waals surface area contributed by atoms with Crippen LogP contribution in [0, 0.1) is 0 Å². The van der Waals surface area contributed by atoms with Crippen molar-refractivity contribution in [2.45, 2.75) is 32.1 Å². The Labute approximate surface area is 84.2 Å². The highest BCUT2D eigenvalue weighted by atomic mass is 16.3. The summed E-state index contributed by atoms with van der Waals surface area (Å²) in [5.41, 5.74) is 3.26. The number of fused-ring (bicyclic) bond motifs is 1. The first-order valence-electron chi connectivity index (χ1n) is 5.18. The normalized spacial score (nSPS) is 16.7. The van der Waals surface area contributed by atoms with E-state index in [4.69, 9.17) is 5.11 Å². The van der Waals surface area contributed by atoms with Crippen molar-refractivity contribution in [1.29, 1.82) is 0 Å². The van der Waals surface area contributed by atoms with Crippen molar-refractivity contribution >= 4 is 0 Å². The molecule has 0 amide bonds. The van der Waals surface area contributed by atoms with E-state index in [-0.39, 0.29) is 12.5 Å². The third-order valence-corrected chi connectivity index (χ3v) is 3.09. The summed E-state index contributed by atoms with van der Waals surface area (Å²) < 4.78 is 0. The van der Waals surface area contributed by atoms with E-state index in [0.717, 1.165) is 30.4 Å². The van der Waals surface area contributed by atoms with Crippen LogP contribution in [-0.2, 0) is 12.8 Å². The quantitative estimate of drug-likeness (QED) is 0.752. The monoisotopic (exact) mass is 192 g/mol. The molecule has 1 aromatic carbocycles. The highest BCUT2D eigenvalue weighted by Crippen LogP contribution is 2.35. The fourth-order valence-corrected chi connectivity index (χ4v) is 2.16. The largest absolute Gasteiger partial charge is 0.507 e. The summed E-state index contributed by atoms with van der Waals surface area (Å²) >= 11 is 0. The molecule has 76 valence electrons. The molecule has 14 heavy (non-hydrogen) atoms. The number of rotatable bonds is 2. The van der Waals surface area contributed by atoms with E-state index >= 15 is 0 Å². The number of phenolic OH excluding ortho intramolecular Hbond substituents is 1. The summed E-state index contributed by atoms with van der Waals surface area (Å²) in [6.07, 6.45) is 3.20. The van der Waals surface area contributed by atoms with Gasteiger partial charge in [-0.1, -0.05) is 19.1 Å². The minimum atomic E-state index is 0.0286. The van der Waals surface area contributed by atoms with Crippen LogP contribution in [0.4, 0.5) is 0 Å². The van der Waals surface area contributed by atoms with E-state index in [1.165, 1.54) is 5.56 Å². The molecule has 0 bridgehead atoms. The van der Waals surface area contributed by atoms with Crippen LogP contribution in [0.2, 0.25) is 0 Å². The van der Waals surface area contributed by atoms with Crippen LogP contribution in [0.3, 0.4) is 0 Å². The lowest BCUT2D eigenvalue weighted by Crippen LogP contribution is -2.00. The highest BCUT2D eigenvalue weighted by Gasteiger charge is 2.19. The van der Waals surface area contributed by atoms with Gasteiger partial charge in [-0.3, -0.25) is 0 Å². The highest BCUT2D eigenvalue weighted by molar-refractivity contribution is 5.49. The fraction of sp³-hybridized carbons (Fsp3) is 0.500. The third kappa shape index (κ3) is 1.40. The molecular formula is C12H16O2. The van der Waals surface area contributed by atoms with E-state index in [2.05, 4.69) is 6.07 Å². The van der Waals surface area contributed by atoms with Gasteiger partial charge in [0.2, 0.25) is 0 Å². The average Bonchev–Trinajstić information content (AvgIpc) is 2.66. The van der Waals surface area contributed by atoms with Crippen molar-refractivity contribution in [2.24, 2.45) is 0 Å². The molecule has 0 heterocycles. The van der Waals surface area contributed by atoms with Crippen molar-refractivity contribution in [2.75, 3.05) is 6.61 Å². The minimum Gasteiger partial charge on any atom is -0.507 e. The summed E-state index contributed by atoms with van der Waals surface area (Å²) in [6, 6.07) is 4.03. The van der Waals surface area contributed by atoms with Crippen LogP contribution < -0.4 is 0 Å². The number of aromatic hydroxyl groups is 1. The van der Waals surface area contributed by atoms with Gasteiger partial charge in [0, 0.05) is 12.5 Å². The Balaban J connectivity index is 2.44. The first kappa shape index (κ1) is 9.53. The molecule has 1 aliphatic rings. The van der Waals surface area contributed by atoms with Gasteiger partial charge in [-0.2, -0.15) is 0 Å². The summed E-state index contributed by atoms with van der Waals surface area (Å²) in [5, 5.41) is 19.1. The van der Waals surface area contributed by atoms with Gasteiger partial charge in [0.15, 0.2) is 0 Å². The molecule has 0 radical (unpaired) electrons. The molecule has 0 aliphatic heterocycles. The number of hydrogen-bond donors (Lipinski definition) is 2. The van der Waals surface area contributed by atoms with Crippen molar-refractivity contribution in [3.8, 4) is 5.75 Å².